The first-order chi connectivity index (χ1) is 10.6. The van der Waals surface area contributed by atoms with Crippen molar-refractivity contribution in [3.8, 4) is 0 Å². The van der Waals surface area contributed by atoms with Crippen LogP contribution in [0.15, 0.2) is 0 Å². The quantitative estimate of drug-likeness (QED) is 0.553. The first-order valence-corrected chi connectivity index (χ1v) is 12.2. The average molecular weight is 414 g/mol. The SMILES string of the molecule is [Ge][C]1([C]2([Ge])C3CC4CC(C3)CC2C4)C2CC3CC(C2)CC1C3. The summed E-state index contributed by atoms with van der Waals surface area (Å²) in [5.74, 6) is 8.95. The number of fused-ring (bicyclic) bond motifs is 1. The topological polar surface area (TPSA) is 0 Å². The fourth-order valence-corrected chi connectivity index (χ4v) is 12.9. The standard InChI is InChI=1S/C20H28Ge2/c21-19(15-3-11-1-12(5-15)6-16(19)4-11)20(22)17-7-13-2-14(9-17)10-18(20)8-13/h11-18H,1-10H2. The van der Waals surface area contributed by atoms with Crippen LogP contribution < -0.4 is 0 Å². The van der Waals surface area contributed by atoms with Crippen LogP contribution in [-0.4, -0.2) is 33.0 Å². The van der Waals surface area contributed by atoms with Crippen LogP contribution >= 0.6 is 0 Å². The fourth-order valence-electron chi connectivity index (χ4n) is 9.21. The van der Waals surface area contributed by atoms with E-state index >= 15 is 0 Å². The Morgan fingerprint density at radius 1 is 0.409 bits per heavy atom. The molecule has 0 heterocycles. The van der Waals surface area contributed by atoms with Crippen LogP contribution in [0.3, 0.4) is 0 Å². The first-order valence-electron chi connectivity index (χ1n) is 10.1. The average Bonchev–Trinajstić information content (AvgIpc) is 2.48. The van der Waals surface area contributed by atoms with Crippen LogP contribution in [0.5, 0.6) is 0 Å². The Balaban J connectivity index is 1.45. The first kappa shape index (κ1) is 14.3. The zero-order valence-corrected chi connectivity index (χ0v) is 17.9. The summed E-state index contributed by atoms with van der Waals surface area (Å²) in [5, 5.41) is 0. The molecule has 116 valence electrons. The Morgan fingerprint density at radius 2 is 0.636 bits per heavy atom. The van der Waals surface area contributed by atoms with E-state index in [9.17, 15) is 0 Å². The van der Waals surface area contributed by atoms with E-state index in [1.807, 2.05) is 0 Å². The van der Waals surface area contributed by atoms with Gasteiger partial charge in [0.1, 0.15) is 0 Å². The van der Waals surface area contributed by atoms with Crippen LogP contribution in [0.25, 0.3) is 0 Å². The Morgan fingerprint density at radius 3 is 0.864 bits per heavy atom. The molecule has 0 spiro atoms. The molecule has 0 atom stereocenters. The molecule has 8 saturated carbocycles. The molecule has 0 saturated heterocycles. The monoisotopic (exact) mass is 416 g/mol. The van der Waals surface area contributed by atoms with E-state index in [1.165, 1.54) is 0 Å². The molecule has 8 fully saturated rings. The summed E-state index contributed by atoms with van der Waals surface area (Å²) in [4.78, 5) is 0. The molecule has 0 aliphatic heterocycles. The minimum atomic E-state index is 0.711. The molecule has 22 heavy (non-hydrogen) atoms. The van der Waals surface area contributed by atoms with Crippen molar-refractivity contribution in [3.63, 3.8) is 0 Å². The Bertz CT molecular complexity index is 408. The molecule has 0 aromatic rings. The Kier molecular flexibility index (Phi) is 2.87. The van der Waals surface area contributed by atoms with Crippen molar-refractivity contribution in [2.24, 2.45) is 47.3 Å². The van der Waals surface area contributed by atoms with Crippen molar-refractivity contribution < 1.29 is 0 Å². The van der Waals surface area contributed by atoms with Crippen molar-refractivity contribution in [2.75, 3.05) is 0 Å². The van der Waals surface area contributed by atoms with Crippen molar-refractivity contribution in [1.29, 1.82) is 0 Å². The summed E-state index contributed by atoms with van der Waals surface area (Å²) >= 11 is 5.64. The van der Waals surface area contributed by atoms with Gasteiger partial charge in [-0.1, -0.05) is 0 Å². The Hall–Kier alpha value is 1.09. The summed E-state index contributed by atoms with van der Waals surface area (Å²) in [6.07, 6.45) is 16.1. The van der Waals surface area contributed by atoms with Crippen LogP contribution in [0.2, 0.25) is 8.49 Å². The van der Waals surface area contributed by atoms with Crippen LogP contribution in [0.1, 0.15) is 64.2 Å². The molecule has 0 unspecified atom stereocenters. The van der Waals surface area contributed by atoms with Crippen molar-refractivity contribution in [3.05, 3.63) is 0 Å². The molecular formula is C20H28Ge2. The van der Waals surface area contributed by atoms with E-state index in [-0.39, 0.29) is 0 Å². The summed E-state index contributed by atoms with van der Waals surface area (Å²) in [5.41, 5.74) is 0. The predicted octanol–water partition coefficient (Wildman–Crippen LogP) is 4.55. The van der Waals surface area contributed by atoms with Crippen molar-refractivity contribution in [1.82, 2.24) is 0 Å². The van der Waals surface area contributed by atoms with Gasteiger partial charge < -0.3 is 0 Å². The maximum absolute atomic E-state index is 2.82. The van der Waals surface area contributed by atoms with Crippen LogP contribution in [-0.2, 0) is 0 Å². The van der Waals surface area contributed by atoms with E-state index in [2.05, 4.69) is 33.0 Å². The third-order valence-corrected chi connectivity index (χ3v) is 15.8. The third-order valence-electron chi connectivity index (χ3n) is 9.54. The van der Waals surface area contributed by atoms with Gasteiger partial charge in [-0.3, -0.25) is 0 Å². The molecule has 8 bridgehead atoms. The molecule has 8 aliphatic carbocycles. The second-order valence-electron chi connectivity index (χ2n) is 10.3. The van der Waals surface area contributed by atoms with E-state index in [0.717, 1.165) is 47.3 Å². The van der Waals surface area contributed by atoms with Crippen LogP contribution in [0.4, 0.5) is 0 Å². The molecule has 0 aromatic heterocycles. The van der Waals surface area contributed by atoms with Gasteiger partial charge in [-0.25, -0.2) is 0 Å². The van der Waals surface area contributed by atoms with Gasteiger partial charge in [-0.2, -0.15) is 0 Å². The third kappa shape index (κ3) is 1.55. The second kappa shape index (κ2) is 4.43. The molecule has 2 heteroatoms. The van der Waals surface area contributed by atoms with Gasteiger partial charge in [-0.05, 0) is 0 Å². The van der Waals surface area contributed by atoms with Gasteiger partial charge >= 0.3 is 153 Å². The van der Waals surface area contributed by atoms with Gasteiger partial charge in [0.05, 0.1) is 0 Å². The number of hydrogen-bond acceptors (Lipinski definition) is 0. The molecule has 6 radical (unpaired) electrons. The van der Waals surface area contributed by atoms with Crippen molar-refractivity contribution in [2.45, 2.75) is 72.7 Å². The minimum absolute atomic E-state index is 0.711. The normalized spacial score (nSPS) is 67.9. The van der Waals surface area contributed by atoms with Gasteiger partial charge in [0.15, 0.2) is 0 Å². The molecule has 0 N–H and O–H groups in total. The second-order valence-corrected chi connectivity index (χ2v) is 13.8. The molecule has 0 amide bonds. The van der Waals surface area contributed by atoms with Crippen LogP contribution in [0, 0.1) is 47.3 Å². The Labute approximate surface area is 152 Å². The fraction of sp³-hybridized carbons (Fsp3) is 1.00. The molecular weight excluding hydrogens is 385 g/mol. The number of hydrogen-bond donors (Lipinski definition) is 0. The van der Waals surface area contributed by atoms with E-state index in [0.29, 0.717) is 8.49 Å². The molecule has 8 rings (SSSR count). The van der Waals surface area contributed by atoms with E-state index < -0.39 is 0 Å². The van der Waals surface area contributed by atoms with Gasteiger partial charge in [0.2, 0.25) is 0 Å². The molecule has 8 aliphatic rings. The summed E-state index contributed by atoms with van der Waals surface area (Å²) in [7, 11) is 0. The van der Waals surface area contributed by atoms with Gasteiger partial charge in [0.25, 0.3) is 0 Å². The molecule has 0 aromatic carbocycles. The summed E-state index contributed by atoms with van der Waals surface area (Å²) in [6.45, 7) is 0. The van der Waals surface area contributed by atoms with Gasteiger partial charge in [0, 0.05) is 0 Å². The number of rotatable bonds is 1. The van der Waals surface area contributed by atoms with E-state index in [1.54, 1.807) is 64.2 Å². The van der Waals surface area contributed by atoms with E-state index in [4.69, 9.17) is 0 Å². The molecule has 0 nitrogen and oxygen atoms in total. The summed E-state index contributed by atoms with van der Waals surface area (Å²) in [6, 6.07) is 0. The van der Waals surface area contributed by atoms with Crippen molar-refractivity contribution >= 4 is 33.0 Å². The predicted molar refractivity (Wildman–Crippen MR) is 91.0 cm³/mol. The zero-order valence-electron chi connectivity index (χ0n) is 13.7. The summed E-state index contributed by atoms with van der Waals surface area (Å²) < 4.78 is 1.42. The van der Waals surface area contributed by atoms with Gasteiger partial charge in [-0.15, -0.1) is 0 Å². The maximum atomic E-state index is 2.82. The zero-order chi connectivity index (χ0) is 14.7.